The summed E-state index contributed by atoms with van der Waals surface area (Å²) >= 11 is 2.97. The van der Waals surface area contributed by atoms with Gasteiger partial charge < -0.3 is 16.0 Å². The molecule has 142 valence electrons. The Kier molecular flexibility index (Phi) is 8.35. The van der Waals surface area contributed by atoms with Gasteiger partial charge in [-0.2, -0.15) is 0 Å². The van der Waals surface area contributed by atoms with Crippen molar-refractivity contribution in [2.45, 2.75) is 45.4 Å². The fraction of sp³-hybridized carbons (Fsp3) is 0.600. The summed E-state index contributed by atoms with van der Waals surface area (Å²) in [5.41, 5.74) is 0. The Balaban J connectivity index is 1.62. The monoisotopic (exact) mass is 397 g/mol. The summed E-state index contributed by atoms with van der Waals surface area (Å²) in [4.78, 5) is 22.6. The molecule has 0 spiro atoms. The summed E-state index contributed by atoms with van der Waals surface area (Å²) in [6.07, 6.45) is 4.64. The van der Waals surface area contributed by atoms with Crippen molar-refractivity contribution in [2.24, 2.45) is 0 Å². The van der Waals surface area contributed by atoms with Crippen LogP contribution in [-0.4, -0.2) is 45.8 Å². The second-order valence-electron chi connectivity index (χ2n) is 5.59. The second-order valence-corrected chi connectivity index (χ2v) is 7.72. The molecule has 2 heterocycles. The number of aryl methyl sites for hydroxylation is 2. The van der Waals surface area contributed by atoms with Crippen molar-refractivity contribution in [3.05, 3.63) is 10.0 Å². The highest BCUT2D eigenvalue weighted by molar-refractivity contribution is 7.15. The first-order valence-corrected chi connectivity index (χ1v) is 10.1. The van der Waals surface area contributed by atoms with E-state index in [0.29, 0.717) is 24.5 Å². The lowest BCUT2D eigenvalue weighted by atomic mass is 10.2. The zero-order chi connectivity index (χ0) is 18.8. The van der Waals surface area contributed by atoms with Crippen LogP contribution in [0.15, 0.2) is 0 Å². The topological polar surface area (TPSA) is 122 Å². The highest BCUT2D eigenvalue weighted by Crippen LogP contribution is 2.19. The number of anilines is 2. The van der Waals surface area contributed by atoms with Crippen molar-refractivity contribution < 1.29 is 9.59 Å². The predicted octanol–water partition coefficient (Wildman–Crippen LogP) is 1.85. The second kappa shape index (κ2) is 10.8. The molecule has 0 atom stereocenters. The van der Waals surface area contributed by atoms with Crippen molar-refractivity contribution in [1.29, 1.82) is 0 Å². The van der Waals surface area contributed by atoms with Gasteiger partial charge in [-0.1, -0.05) is 22.7 Å². The number of amides is 2. The van der Waals surface area contributed by atoms with Gasteiger partial charge in [-0.25, -0.2) is 0 Å². The highest BCUT2D eigenvalue weighted by Gasteiger charge is 2.09. The normalized spacial score (nSPS) is 10.5. The number of hydrogen-bond acceptors (Lipinski definition) is 9. The maximum atomic E-state index is 11.8. The molecule has 0 unspecified atom stereocenters. The number of unbranched alkanes of at least 4 members (excludes halogenated alkanes) is 1. The molecular weight excluding hydrogens is 374 g/mol. The Morgan fingerprint density at radius 3 is 2.12 bits per heavy atom. The van der Waals surface area contributed by atoms with E-state index in [4.69, 9.17) is 0 Å². The van der Waals surface area contributed by atoms with Crippen molar-refractivity contribution in [2.75, 3.05) is 24.2 Å². The van der Waals surface area contributed by atoms with Crippen LogP contribution in [0.25, 0.3) is 0 Å². The average Bonchev–Trinajstić information content (AvgIpc) is 3.24. The minimum absolute atomic E-state index is 0.0900. The first kappa shape index (κ1) is 20.2. The van der Waals surface area contributed by atoms with Crippen LogP contribution < -0.4 is 16.0 Å². The smallest absolute Gasteiger partial charge is 0.226 e. The van der Waals surface area contributed by atoms with E-state index >= 15 is 0 Å². The van der Waals surface area contributed by atoms with Crippen LogP contribution in [0.2, 0.25) is 0 Å². The number of hydrogen-bond donors (Lipinski definition) is 3. The number of rotatable bonds is 11. The Morgan fingerprint density at radius 2 is 1.54 bits per heavy atom. The van der Waals surface area contributed by atoms with Crippen LogP contribution in [-0.2, 0) is 22.4 Å². The van der Waals surface area contributed by atoms with Gasteiger partial charge in [-0.15, -0.1) is 20.4 Å². The molecule has 0 aliphatic rings. The van der Waals surface area contributed by atoms with Gasteiger partial charge in [0.25, 0.3) is 0 Å². The molecule has 0 radical (unpaired) electrons. The molecule has 2 aromatic rings. The third kappa shape index (κ3) is 7.40. The van der Waals surface area contributed by atoms with E-state index in [0.717, 1.165) is 40.8 Å². The molecule has 9 nitrogen and oxygen atoms in total. The van der Waals surface area contributed by atoms with Gasteiger partial charge in [0.15, 0.2) is 0 Å². The molecule has 2 amide bonds. The fourth-order valence-electron chi connectivity index (χ4n) is 2.11. The van der Waals surface area contributed by atoms with E-state index in [-0.39, 0.29) is 11.8 Å². The van der Waals surface area contributed by atoms with Crippen LogP contribution in [0.4, 0.5) is 10.3 Å². The molecule has 0 fully saturated rings. The standard InChI is InChI=1S/C15H23N7O2S2/c1-10(23)17-9-5-6-11(24)18-15-22-20-13(26-15)8-4-3-7-12-19-21-14(16-2)25-12/h3-9H2,1-2H3,(H,16,21)(H,17,23)(H,18,22,24). The quantitative estimate of drug-likeness (QED) is 0.495. The molecule has 11 heteroatoms. The molecular formula is C15H23N7O2S2. The van der Waals surface area contributed by atoms with E-state index in [2.05, 4.69) is 36.3 Å². The van der Waals surface area contributed by atoms with Gasteiger partial charge in [0.1, 0.15) is 10.0 Å². The molecule has 0 aliphatic carbocycles. The summed E-state index contributed by atoms with van der Waals surface area (Å²) in [5.74, 6) is -0.206. The maximum absolute atomic E-state index is 11.8. The minimum Gasteiger partial charge on any atom is -0.363 e. The van der Waals surface area contributed by atoms with Gasteiger partial charge in [0.05, 0.1) is 0 Å². The van der Waals surface area contributed by atoms with E-state index in [1.807, 2.05) is 7.05 Å². The fourth-order valence-corrected chi connectivity index (χ4v) is 3.64. The van der Waals surface area contributed by atoms with Crippen molar-refractivity contribution >= 4 is 44.8 Å². The Morgan fingerprint density at radius 1 is 0.923 bits per heavy atom. The zero-order valence-electron chi connectivity index (χ0n) is 14.9. The summed E-state index contributed by atoms with van der Waals surface area (Å²) in [6, 6.07) is 0. The van der Waals surface area contributed by atoms with Gasteiger partial charge in [0.2, 0.25) is 22.1 Å². The van der Waals surface area contributed by atoms with Gasteiger partial charge in [0, 0.05) is 39.8 Å². The molecule has 3 N–H and O–H groups in total. The maximum Gasteiger partial charge on any atom is 0.226 e. The molecule has 2 aromatic heterocycles. The molecule has 0 aromatic carbocycles. The molecule has 26 heavy (non-hydrogen) atoms. The number of nitrogens with zero attached hydrogens (tertiary/aromatic N) is 4. The third-order valence-corrected chi connectivity index (χ3v) is 5.28. The number of nitrogens with one attached hydrogen (secondary N) is 3. The minimum atomic E-state index is -0.116. The number of aromatic nitrogens is 4. The Bertz CT molecular complexity index is 716. The summed E-state index contributed by atoms with van der Waals surface area (Å²) in [7, 11) is 1.83. The average molecular weight is 398 g/mol. The first-order valence-electron chi connectivity index (χ1n) is 8.43. The SMILES string of the molecule is CNc1nnc(CCCCc2nnc(NC(=O)CCCNC(C)=O)s2)s1. The lowest BCUT2D eigenvalue weighted by Gasteiger charge is -2.02. The van der Waals surface area contributed by atoms with Crippen LogP contribution in [0.3, 0.4) is 0 Å². The highest BCUT2D eigenvalue weighted by atomic mass is 32.1. The van der Waals surface area contributed by atoms with E-state index < -0.39 is 0 Å². The van der Waals surface area contributed by atoms with Crippen molar-refractivity contribution in [3.8, 4) is 0 Å². The number of carbonyl (C=O) groups is 2. The van der Waals surface area contributed by atoms with E-state index in [1.165, 1.54) is 18.3 Å². The van der Waals surface area contributed by atoms with Crippen LogP contribution >= 0.6 is 22.7 Å². The predicted molar refractivity (Wildman–Crippen MR) is 103 cm³/mol. The lowest BCUT2D eigenvalue weighted by Crippen LogP contribution is -2.22. The van der Waals surface area contributed by atoms with Crippen LogP contribution in [0.1, 0.15) is 42.6 Å². The Hall–Kier alpha value is -2.14. The van der Waals surface area contributed by atoms with Crippen molar-refractivity contribution in [3.63, 3.8) is 0 Å². The summed E-state index contributed by atoms with van der Waals surface area (Å²) in [6.45, 7) is 1.95. The molecule has 0 aliphatic heterocycles. The first-order chi connectivity index (χ1) is 12.6. The molecule has 0 bridgehead atoms. The van der Waals surface area contributed by atoms with E-state index in [9.17, 15) is 9.59 Å². The van der Waals surface area contributed by atoms with E-state index in [1.54, 1.807) is 11.3 Å². The van der Waals surface area contributed by atoms with Gasteiger partial charge in [-0.05, 0) is 19.3 Å². The molecule has 0 saturated heterocycles. The summed E-state index contributed by atoms with van der Waals surface area (Å²) < 4.78 is 0. The lowest BCUT2D eigenvalue weighted by molar-refractivity contribution is -0.119. The molecule has 0 saturated carbocycles. The molecule has 2 rings (SSSR count). The Labute approximate surface area is 160 Å². The third-order valence-electron chi connectivity index (χ3n) is 3.38. The van der Waals surface area contributed by atoms with Crippen molar-refractivity contribution in [1.82, 2.24) is 25.7 Å². The number of carbonyl (C=O) groups excluding carboxylic acids is 2. The van der Waals surface area contributed by atoms with Gasteiger partial charge >= 0.3 is 0 Å². The zero-order valence-corrected chi connectivity index (χ0v) is 16.5. The van der Waals surface area contributed by atoms with Gasteiger partial charge in [-0.3, -0.25) is 9.59 Å². The van der Waals surface area contributed by atoms with Crippen LogP contribution in [0, 0.1) is 0 Å². The van der Waals surface area contributed by atoms with Crippen LogP contribution in [0.5, 0.6) is 0 Å². The summed E-state index contributed by atoms with van der Waals surface area (Å²) in [5, 5.41) is 27.9. The largest absolute Gasteiger partial charge is 0.363 e.